The number of methoxy groups -OCH3 is 1. The van der Waals surface area contributed by atoms with Crippen molar-refractivity contribution in [2.24, 2.45) is 5.41 Å². The highest BCUT2D eigenvalue weighted by molar-refractivity contribution is 6.14. The highest BCUT2D eigenvalue weighted by atomic mass is 16.5. The van der Waals surface area contributed by atoms with Crippen LogP contribution in [0.5, 0.6) is 0 Å². The fourth-order valence-corrected chi connectivity index (χ4v) is 2.06. The second kappa shape index (κ2) is 5.00. The summed E-state index contributed by atoms with van der Waals surface area (Å²) in [4.78, 5) is 24.5. The molecular weight excluding hydrogens is 228 g/mol. The summed E-state index contributed by atoms with van der Waals surface area (Å²) >= 11 is 0. The van der Waals surface area contributed by atoms with E-state index in [1.807, 2.05) is 12.1 Å². The molecule has 0 bridgehead atoms. The van der Waals surface area contributed by atoms with E-state index in [2.05, 4.69) is 0 Å². The van der Waals surface area contributed by atoms with Gasteiger partial charge >= 0.3 is 5.97 Å². The van der Waals surface area contributed by atoms with E-state index < -0.39 is 11.4 Å². The number of rotatable bonds is 3. The lowest BCUT2D eigenvalue weighted by molar-refractivity contribution is -0.147. The summed E-state index contributed by atoms with van der Waals surface area (Å²) in [5.41, 5.74) is -0.701. The standard InChI is InChI=1S/C15H14O3/c1-18-14(17)15(10-6-3-7-11-15)13(16)12-8-4-2-5-9-12/h2-10H,11H2,1H3. The van der Waals surface area contributed by atoms with Crippen LogP contribution in [-0.4, -0.2) is 18.9 Å². The van der Waals surface area contributed by atoms with E-state index in [4.69, 9.17) is 4.74 Å². The molecule has 0 aromatic heterocycles. The van der Waals surface area contributed by atoms with Gasteiger partial charge in [-0.15, -0.1) is 0 Å². The van der Waals surface area contributed by atoms with E-state index in [0.29, 0.717) is 12.0 Å². The number of benzene rings is 1. The number of carbonyl (C=O) groups is 2. The molecule has 1 aromatic rings. The molecule has 1 aliphatic rings. The zero-order chi connectivity index (χ0) is 13.0. The third-order valence-electron chi connectivity index (χ3n) is 3.06. The van der Waals surface area contributed by atoms with Crippen molar-refractivity contribution < 1.29 is 14.3 Å². The van der Waals surface area contributed by atoms with E-state index in [0.717, 1.165) is 0 Å². The van der Waals surface area contributed by atoms with Crippen LogP contribution in [-0.2, 0) is 9.53 Å². The number of allylic oxidation sites excluding steroid dienone is 3. The quantitative estimate of drug-likeness (QED) is 0.465. The predicted molar refractivity (Wildman–Crippen MR) is 68.1 cm³/mol. The Morgan fingerprint density at radius 1 is 1.17 bits per heavy atom. The van der Waals surface area contributed by atoms with Crippen LogP contribution in [0.15, 0.2) is 54.6 Å². The molecule has 1 aliphatic carbocycles. The Morgan fingerprint density at radius 3 is 2.44 bits per heavy atom. The lowest BCUT2D eigenvalue weighted by Gasteiger charge is -2.26. The van der Waals surface area contributed by atoms with Crippen molar-refractivity contribution in [1.82, 2.24) is 0 Å². The molecule has 0 amide bonds. The van der Waals surface area contributed by atoms with Crippen molar-refractivity contribution in [2.75, 3.05) is 7.11 Å². The molecule has 0 saturated heterocycles. The number of hydrogen-bond acceptors (Lipinski definition) is 3. The summed E-state index contributed by atoms with van der Waals surface area (Å²) in [6.07, 6.45) is 7.29. The normalized spacial score (nSPS) is 21.6. The predicted octanol–water partition coefficient (Wildman–Crippen LogP) is 2.54. The minimum Gasteiger partial charge on any atom is -0.468 e. The van der Waals surface area contributed by atoms with Gasteiger partial charge in [0.1, 0.15) is 0 Å². The van der Waals surface area contributed by atoms with Crippen molar-refractivity contribution in [3.05, 3.63) is 60.2 Å². The van der Waals surface area contributed by atoms with Gasteiger partial charge in [0.25, 0.3) is 0 Å². The van der Waals surface area contributed by atoms with Crippen LogP contribution in [0, 0.1) is 5.41 Å². The SMILES string of the molecule is COC(=O)C1(C(=O)c2ccccc2)C=CC=CC1. The van der Waals surface area contributed by atoms with Gasteiger partial charge in [-0.3, -0.25) is 9.59 Å². The van der Waals surface area contributed by atoms with Gasteiger partial charge in [0, 0.05) is 5.56 Å². The number of carbonyl (C=O) groups excluding carboxylic acids is 2. The first-order valence-electron chi connectivity index (χ1n) is 5.73. The third kappa shape index (κ3) is 1.99. The maximum absolute atomic E-state index is 12.5. The summed E-state index contributed by atoms with van der Waals surface area (Å²) < 4.78 is 4.79. The molecule has 1 aromatic carbocycles. The van der Waals surface area contributed by atoms with Crippen molar-refractivity contribution in [3.63, 3.8) is 0 Å². The zero-order valence-corrected chi connectivity index (χ0v) is 10.1. The monoisotopic (exact) mass is 242 g/mol. The Morgan fingerprint density at radius 2 is 1.89 bits per heavy atom. The van der Waals surface area contributed by atoms with Crippen molar-refractivity contribution in [2.45, 2.75) is 6.42 Å². The molecule has 0 saturated carbocycles. The largest absolute Gasteiger partial charge is 0.468 e. The van der Waals surface area contributed by atoms with E-state index in [1.54, 1.807) is 42.5 Å². The van der Waals surface area contributed by atoms with Crippen molar-refractivity contribution in [3.8, 4) is 0 Å². The van der Waals surface area contributed by atoms with Crippen LogP contribution in [0.3, 0.4) is 0 Å². The van der Waals surface area contributed by atoms with Crippen LogP contribution in [0.1, 0.15) is 16.8 Å². The molecule has 1 atom stereocenters. The maximum atomic E-state index is 12.5. The number of Topliss-reactive ketones (excluding diaryl/α,β-unsaturated/α-hetero) is 1. The molecule has 0 spiro atoms. The smallest absolute Gasteiger partial charge is 0.323 e. The topological polar surface area (TPSA) is 43.4 Å². The minimum absolute atomic E-state index is 0.226. The Labute approximate surface area is 106 Å². The average molecular weight is 242 g/mol. The summed E-state index contributed by atoms with van der Waals surface area (Å²) in [6.45, 7) is 0. The third-order valence-corrected chi connectivity index (χ3v) is 3.06. The average Bonchev–Trinajstić information content (AvgIpc) is 2.47. The number of hydrogen-bond donors (Lipinski definition) is 0. The summed E-state index contributed by atoms with van der Waals surface area (Å²) in [7, 11) is 1.30. The molecule has 2 rings (SSSR count). The lowest BCUT2D eigenvalue weighted by atomic mass is 9.75. The second-order valence-electron chi connectivity index (χ2n) is 4.15. The van der Waals surface area contributed by atoms with E-state index in [1.165, 1.54) is 7.11 Å². The molecule has 3 heteroatoms. The first-order chi connectivity index (χ1) is 8.70. The Balaban J connectivity index is 2.43. The Kier molecular flexibility index (Phi) is 3.42. The lowest BCUT2D eigenvalue weighted by Crippen LogP contribution is -2.39. The van der Waals surface area contributed by atoms with Gasteiger partial charge in [0.05, 0.1) is 7.11 Å². The summed E-state index contributed by atoms with van der Waals surface area (Å²) in [6, 6.07) is 8.80. The van der Waals surface area contributed by atoms with E-state index in [9.17, 15) is 9.59 Å². The molecule has 0 aliphatic heterocycles. The van der Waals surface area contributed by atoms with Gasteiger partial charge in [-0.2, -0.15) is 0 Å². The number of ether oxygens (including phenoxy) is 1. The highest BCUT2D eigenvalue weighted by Crippen LogP contribution is 2.33. The number of ketones is 1. The van der Waals surface area contributed by atoms with Crippen LogP contribution in [0.4, 0.5) is 0 Å². The van der Waals surface area contributed by atoms with Gasteiger partial charge in [-0.1, -0.05) is 54.6 Å². The molecule has 0 radical (unpaired) electrons. The van der Waals surface area contributed by atoms with Gasteiger partial charge in [0.15, 0.2) is 11.2 Å². The fourth-order valence-electron chi connectivity index (χ4n) is 2.06. The Bertz CT molecular complexity index is 514. The molecular formula is C15H14O3. The van der Waals surface area contributed by atoms with Crippen LogP contribution >= 0.6 is 0 Å². The van der Waals surface area contributed by atoms with Crippen LogP contribution in [0.2, 0.25) is 0 Å². The number of esters is 1. The molecule has 18 heavy (non-hydrogen) atoms. The first kappa shape index (κ1) is 12.3. The van der Waals surface area contributed by atoms with Crippen molar-refractivity contribution >= 4 is 11.8 Å². The molecule has 0 fully saturated rings. The summed E-state index contributed by atoms with van der Waals surface area (Å²) in [5, 5.41) is 0. The van der Waals surface area contributed by atoms with Crippen LogP contribution < -0.4 is 0 Å². The molecule has 92 valence electrons. The van der Waals surface area contributed by atoms with Crippen LogP contribution in [0.25, 0.3) is 0 Å². The molecule has 0 N–H and O–H groups in total. The van der Waals surface area contributed by atoms with E-state index in [-0.39, 0.29) is 5.78 Å². The minimum atomic E-state index is -1.22. The second-order valence-corrected chi connectivity index (χ2v) is 4.15. The van der Waals surface area contributed by atoms with Gasteiger partial charge in [-0.25, -0.2) is 0 Å². The van der Waals surface area contributed by atoms with Gasteiger partial charge < -0.3 is 4.74 Å². The Hall–Kier alpha value is -2.16. The molecule has 3 nitrogen and oxygen atoms in total. The van der Waals surface area contributed by atoms with Gasteiger partial charge in [0.2, 0.25) is 0 Å². The zero-order valence-electron chi connectivity index (χ0n) is 10.1. The van der Waals surface area contributed by atoms with Crippen molar-refractivity contribution in [1.29, 1.82) is 0 Å². The highest BCUT2D eigenvalue weighted by Gasteiger charge is 2.44. The van der Waals surface area contributed by atoms with E-state index >= 15 is 0 Å². The molecule has 0 heterocycles. The summed E-state index contributed by atoms with van der Waals surface area (Å²) in [5.74, 6) is -0.743. The fraction of sp³-hybridized carbons (Fsp3) is 0.200. The maximum Gasteiger partial charge on any atom is 0.323 e. The first-order valence-corrected chi connectivity index (χ1v) is 5.73. The van der Waals surface area contributed by atoms with Gasteiger partial charge in [-0.05, 0) is 6.42 Å². The molecule has 1 unspecified atom stereocenters.